The van der Waals surface area contributed by atoms with Crippen LogP contribution in [-0.2, 0) is 4.74 Å². The van der Waals surface area contributed by atoms with Gasteiger partial charge in [-0.2, -0.15) is 0 Å². The summed E-state index contributed by atoms with van der Waals surface area (Å²) in [4.78, 5) is 16.4. The first-order valence-electron chi connectivity index (χ1n) is 6.00. The van der Waals surface area contributed by atoms with Crippen LogP contribution in [0.15, 0.2) is 17.2 Å². The molecule has 2 heterocycles. The quantitative estimate of drug-likeness (QED) is 0.758. The molecule has 1 saturated carbocycles. The van der Waals surface area contributed by atoms with Crippen molar-refractivity contribution in [2.24, 2.45) is 0 Å². The van der Waals surface area contributed by atoms with Crippen LogP contribution in [-0.4, -0.2) is 22.8 Å². The first kappa shape index (κ1) is 10.0. The van der Waals surface area contributed by atoms with Crippen molar-refractivity contribution >= 4 is 0 Å². The van der Waals surface area contributed by atoms with E-state index in [9.17, 15) is 4.79 Å². The zero-order valence-electron chi connectivity index (χ0n) is 9.26. The van der Waals surface area contributed by atoms with E-state index in [2.05, 4.69) is 4.98 Å². The third-order valence-electron chi connectivity index (χ3n) is 3.68. The molecule has 0 amide bonds. The van der Waals surface area contributed by atoms with Gasteiger partial charge >= 0.3 is 0 Å². The molecule has 1 atom stereocenters. The van der Waals surface area contributed by atoms with Gasteiger partial charge in [0.25, 0.3) is 5.56 Å². The van der Waals surface area contributed by atoms with Gasteiger partial charge in [0, 0.05) is 18.6 Å². The summed E-state index contributed by atoms with van der Waals surface area (Å²) < 4.78 is 7.01. The normalized spacial score (nSPS) is 25.6. The Kier molecular flexibility index (Phi) is 2.52. The zero-order valence-corrected chi connectivity index (χ0v) is 9.26. The van der Waals surface area contributed by atoms with E-state index in [1.165, 1.54) is 19.3 Å². The average Bonchev–Trinajstić information content (AvgIpc) is 2.68. The minimum atomic E-state index is 0.0763. The molecule has 0 spiro atoms. The predicted octanol–water partition coefficient (Wildman–Crippen LogP) is 1.47. The molecular formula is C12H16N2O2. The van der Waals surface area contributed by atoms with Crippen molar-refractivity contribution < 1.29 is 4.74 Å². The summed E-state index contributed by atoms with van der Waals surface area (Å²) in [6, 6.07) is 1.90. The van der Waals surface area contributed by atoms with Crippen LogP contribution in [0.4, 0.5) is 0 Å². The molecule has 1 saturated heterocycles. The van der Waals surface area contributed by atoms with Crippen molar-refractivity contribution in [3.05, 3.63) is 28.4 Å². The Bertz CT molecular complexity index is 431. The van der Waals surface area contributed by atoms with Crippen LogP contribution in [0, 0.1) is 0 Å². The minimum Gasteiger partial charge on any atom is -0.379 e. The number of aromatic nitrogens is 2. The maximum absolute atomic E-state index is 11.9. The second-order valence-electron chi connectivity index (χ2n) is 4.70. The average molecular weight is 220 g/mol. The molecule has 1 aromatic heterocycles. The second kappa shape index (κ2) is 4.01. The molecule has 1 unspecified atom stereocenters. The van der Waals surface area contributed by atoms with E-state index in [0.717, 1.165) is 18.7 Å². The van der Waals surface area contributed by atoms with Gasteiger partial charge in [0.1, 0.15) is 0 Å². The number of nitrogens with zero attached hydrogens (tertiary/aromatic N) is 2. The predicted molar refractivity (Wildman–Crippen MR) is 59.6 cm³/mol. The molecule has 16 heavy (non-hydrogen) atoms. The van der Waals surface area contributed by atoms with Crippen molar-refractivity contribution in [1.29, 1.82) is 0 Å². The number of hydrogen-bond donors (Lipinski definition) is 0. The largest absolute Gasteiger partial charge is 0.379 e. The first-order valence-corrected chi connectivity index (χ1v) is 6.00. The number of ether oxygens (including phenoxy) is 1. The lowest BCUT2D eigenvalue weighted by Gasteiger charge is -2.24. The Balaban J connectivity index is 1.87. The summed E-state index contributed by atoms with van der Waals surface area (Å²) in [5, 5.41) is 0. The topological polar surface area (TPSA) is 44.1 Å². The Labute approximate surface area is 94.3 Å². The van der Waals surface area contributed by atoms with Gasteiger partial charge in [0.05, 0.1) is 24.7 Å². The van der Waals surface area contributed by atoms with Crippen molar-refractivity contribution in [2.45, 2.75) is 37.6 Å². The van der Waals surface area contributed by atoms with Crippen LogP contribution in [0.2, 0.25) is 0 Å². The van der Waals surface area contributed by atoms with Gasteiger partial charge < -0.3 is 4.74 Å². The number of rotatable bonds is 2. The SMILES string of the molecule is O=c1cc(C2CCC2)ncn1C1CCOC1. The van der Waals surface area contributed by atoms with Crippen LogP contribution in [0.5, 0.6) is 0 Å². The Morgan fingerprint density at radius 1 is 1.38 bits per heavy atom. The van der Waals surface area contributed by atoms with E-state index in [0.29, 0.717) is 12.5 Å². The van der Waals surface area contributed by atoms with Gasteiger partial charge in [-0.3, -0.25) is 9.36 Å². The maximum Gasteiger partial charge on any atom is 0.253 e. The summed E-state index contributed by atoms with van der Waals surface area (Å²) in [5.41, 5.74) is 1.05. The molecule has 4 nitrogen and oxygen atoms in total. The van der Waals surface area contributed by atoms with E-state index in [4.69, 9.17) is 4.74 Å². The van der Waals surface area contributed by atoms with Crippen molar-refractivity contribution in [3.63, 3.8) is 0 Å². The van der Waals surface area contributed by atoms with Crippen molar-refractivity contribution in [1.82, 2.24) is 9.55 Å². The molecule has 1 aliphatic carbocycles. The standard InChI is InChI=1S/C12H16N2O2/c15-12-6-11(9-2-1-3-9)13-8-14(12)10-4-5-16-7-10/h6,8-10H,1-5,7H2. The van der Waals surface area contributed by atoms with Gasteiger partial charge in [-0.1, -0.05) is 6.42 Å². The van der Waals surface area contributed by atoms with Crippen LogP contribution in [0.3, 0.4) is 0 Å². The molecule has 3 rings (SSSR count). The molecule has 86 valence electrons. The lowest BCUT2D eigenvalue weighted by molar-refractivity contribution is 0.185. The third kappa shape index (κ3) is 1.67. The molecule has 0 aromatic carbocycles. The zero-order chi connectivity index (χ0) is 11.0. The Morgan fingerprint density at radius 2 is 2.25 bits per heavy atom. The van der Waals surface area contributed by atoms with Gasteiger partial charge in [0.15, 0.2) is 0 Å². The van der Waals surface area contributed by atoms with Gasteiger partial charge in [0.2, 0.25) is 0 Å². The van der Waals surface area contributed by atoms with E-state index in [1.807, 2.05) is 0 Å². The molecule has 1 aromatic rings. The highest BCUT2D eigenvalue weighted by atomic mass is 16.5. The second-order valence-corrected chi connectivity index (χ2v) is 4.70. The molecule has 2 fully saturated rings. The van der Waals surface area contributed by atoms with E-state index >= 15 is 0 Å². The van der Waals surface area contributed by atoms with Crippen LogP contribution in [0.25, 0.3) is 0 Å². The highest BCUT2D eigenvalue weighted by Crippen LogP contribution is 2.34. The fraction of sp³-hybridized carbons (Fsp3) is 0.667. The van der Waals surface area contributed by atoms with Crippen LogP contribution >= 0.6 is 0 Å². The summed E-state index contributed by atoms with van der Waals surface area (Å²) >= 11 is 0. The molecule has 0 bridgehead atoms. The molecule has 2 aliphatic rings. The Hall–Kier alpha value is -1.16. The van der Waals surface area contributed by atoms with Gasteiger partial charge in [-0.05, 0) is 19.3 Å². The molecule has 0 N–H and O–H groups in total. The summed E-state index contributed by atoms with van der Waals surface area (Å²) in [7, 11) is 0. The summed E-state index contributed by atoms with van der Waals surface area (Å²) in [6.45, 7) is 1.39. The minimum absolute atomic E-state index is 0.0763. The van der Waals surface area contributed by atoms with Gasteiger partial charge in [-0.25, -0.2) is 4.98 Å². The molecule has 1 aliphatic heterocycles. The van der Waals surface area contributed by atoms with E-state index in [1.54, 1.807) is 17.0 Å². The third-order valence-corrected chi connectivity index (χ3v) is 3.68. The molecule has 0 radical (unpaired) electrons. The highest BCUT2D eigenvalue weighted by molar-refractivity contribution is 5.10. The first-order chi connectivity index (χ1) is 7.84. The Morgan fingerprint density at radius 3 is 2.81 bits per heavy atom. The fourth-order valence-corrected chi connectivity index (χ4v) is 2.37. The van der Waals surface area contributed by atoms with Crippen molar-refractivity contribution in [2.75, 3.05) is 13.2 Å². The van der Waals surface area contributed by atoms with E-state index in [-0.39, 0.29) is 11.6 Å². The fourth-order valence-electron chi connectivity index (χ4n) is 2.37. The number of hydrogen-bond acceptors (Lipinski definition) is 3. The van der Waals surface area contributed by atoms with E-state index < -0.39 is 0 Å². The maximum atomic E-state index is 11.9. The van der Waals surface area contributed by atoms with Crippen LogP contribution in [0.1, 0.15) is 43.3 Å². The highest BCUT2D eigenvalue weighted by Gasteiger charge is 2.23. The monoisotopic (exact) mass is 220 g/mol. The molecular weight excluding hydrogens is 204 g/mol. The van der Waals surface area contributed by atoms with Crippen molar-refractivity contribution in [3.8, 4) is 0 Å². The summed E-state index contributed by atoms with van der Waals surface area (Å²) in [6.07, 6.45) is 6.26. The van der Waals surface area contributed by atoms with Gasteiger partial charge in [-0.15, -0.1) is 0 Å². The van der Waals surface area contributed by atoms with Crippen LogP contribution < -0.4 is 5.56 Å². The molecule has 4 heteroatoms. The lowest BCUT2D eigenvalue weighted by atomic mass is 9.83. The smallest absolute Gasteiger partial charge is 0.253 e. The summed E-state index contributed by atoms with van der Waals surface area (Å²) in [5.74, 6) is 0.530. The lowest BCUT2D eigenvalue weighted by Crippen LogP contribution is -2.26.